The molecule has 0 aliphatic rings. The van der Waals surface area contributed by atoms with Crippen molar-refractivity contribution in [1.82, 2.24) is 0 Å². The van der Waals surface area contributed by atoms with Crippen LogP contribution in [-0.2, 0) is 4.79 Å². The summed E-state index contributed by atoms with van der Waals surface area (Å²) in [6.07, 6.45) is 12.3. The molecular formula is C12H21O2-. The zero-order chi connectivity index (χ0) is 10.6. The standard InChI is InChI=1S/C12H22O2/c1-2-3-4-5-6-7-8-9-10-11-12(13)14/h7-8H,2-6,9-11H2,1H3,(H,13,14)/p-1/b8-7-. The van der Waals surface area contributed by atoms with Crippen LogP contribution in [0.1, 0.15) is 58.3 Å². The van der Waals surface area contributed by atoms with E-state index in [9.17, 15) is 9.90 Å². The fourth-order valence-corrected chi connectivity index (χ4v) is 1.29. The lowest BCUT2D eigenvalue weighted by Crippen LogP contribution is -2.21. The van der Waals surface area contributed by atoms with E-state index in [-0.39, 0.29) is 6.42 Å². The molecule has 0 aromatic carbocycles. The molecule has 0 fully saturated rings. The molecule has 0 saturated carbocycles. The normalized spacial score (nSPS) is 10.9. The van der Waals surface area contributed by atoms with E-state index in [1.807, 2.05) is 0 Å². The number of hydrogen-bond donors (Lipinski definition) is 0. The summed E-state index contributed by atoms with van der Waals surface area (Å²) in [6.45, 7) is 2.20. The lowest BCUT2D eigenvalue weighted by molar-refractivity contribution is -0.305. The highest BCUT2D eigenvalue weighted by atomic mass is 16.4. The van der Waals surface area contributed by atoms with Gasteiger partial charge in [-0.15, -0.1) is 0 Å². The van der Waals surface area contributed by atoms with Crippen LogP contribution < -0.4 is 5.11 Å². The van der Waals surface area contributed by atoms with Gasteiger partial charge in [0.1, 0.15) is 0 Å². The maximum Gasteiger partial charge on any atom is 0.0414 e. The second kappa shape index (κ2) is 10.3. The van der Waals surface area contributed by atoms with Crippen LogP contribution in [0.5, 0.6) is 0 Å². The third-order valence-corrected chi connectivity index (χ3v) is 2.14. The zero-order valence-corrected chi connectivity index (χ0v) is 9.13. The van der Waals surface area contributed by atoms with Crippen LogP contribution in [-0.4, -0.2) is 5.97 Å². The molecule has 14 heavy (non-hydrogen) atoms. The Morgan fingerprint density at radius 3 is 2.29 bits per heavy atom. The van der Waals surface area contributed by atoms with Crippen molar-refractivity contribution >= 4 is 5.97 Å². The van der Waals surface area contributed by atoms with Crippen molar-refractivity contribution in [3.8, 4) is 0 Å². The molecule has 0 atom stereocenters. The number of carbonyl (C=O) groups excluding carboxylic acids is 1. The molecule has 2 nitrogen and oxygen atoms in total. The summed E-state index contributed by atoms with van der Waals surface area (Å²) in [6, 6.07) is 0. The van der Waals surface area contributed by atoms with E-state index < -0.39 is 5.97 Å². The molecule has 82 valence electrons. The van der Waals surface area contributed by atoms with E-state index >= 15 is 0 Å². The summed E-state index contributed by atoms with van der Waals surface area (Å²) in [4.78, 5) is 10.1. The summed E-state index contributed by atoms with van der Waals surface area (Å²) in [5.74, 6) is -0.943. The average Bonchev–Trinajstić information content (AvgIpc) is 2.15. The van der Waals surface area contributed by atoms with Crippen molar-refractivity contribution in [1.29, 1.82) is 0 Å². The lowest BCUT2D eigenvalue weighted by atomic mass is 10.1. The zero-order valence-electron chi connectivity index (χ0n) is 9.13. The van der Waals surface area contributed by atoms with Gasteiger partial charge in [0.15, 0.2) is 0 Å². The summed E-state index contributed by atoms with van der Waals surface area (Å²) >= 11 is 0. The molecule has 0 saturated heterocycles. The maximum atomic E-state index is 10.1. The van der Waals surface area contributed by atoms with Crippen molar-refractivity contribution in [2.45, 2.75) is 58.3 Å². The van der Waals surface area contributed by atoms with Crippen LogP contribution in [0.4, 0.5) is 0 Å². The van der Waals surface area contributed by atoms with Crippen LogP contribution in [0.25, 0.3) is 0 Å². The predicted octanol–water partition coefficient (Wildman–Crippen LogP) is 2.43. The Morgan fingerprint density at radius 2 is 1.71 bits per heavy atom. The molecule has 0 aliphatic heterocycles. The Bertz CT molecular complexity index is 162. The molecule has 0 aromatic rings. The van der Waals surface area contributed by atoms with Crippen LogP contribution in [0.15, 0.2) is 12.2 Å². The van der Waals surface area contributed by atoms with E-state index in [1.165, 1.54) is 25.7 Å². The number of unbranched alkanes of at least 4 members (excludes halogenated alkanes) is 5. The largest absolute Gasteiger partial charge is 0.550 e. The fourth-order valence-electron chi connectivity index (χ4n) is 1.29. The van der Waals surface area contributed by atoms with Gasteiger partial charge in [0.05, 0.1) is 0 Å². The first-order chi connectivity index (χ1) is 6.77. The van der Waals surface area contributed by atoms with Gasteiger partial charge in [-0.05, 0) is 32.1 Å². The maximum absolute atomic E-state index is 10.1. The molecule has 0 N–H and O–H groups in total. The molecule has 0 spiro atoms. The van der Waals surface area contributed by atoms with Gasteiger partial charge in [-0.3, -0.25) is 0 Å². The third-order valence-electron chi connectivity index (χ3n) is 2.14. The first-order valence-electron chi connectivity index (χ1n) is 5.62. The third kappa shape index (κ3) is 11.2. The van der Waals surface area contributed by atoms with Crippen molar-refractivity contribution in [3.05, 3.63) is 12.2 Å². The SMILES string of the molecule is CCCCCC/C=C\CCCC(=O)[O-]. The van der Waals surface area contributed by atoms with Gasteiger partial charge < -0.3 is 9.90 Å². The number of aliphatic carboxylic acids is 1. The Morgan fingerprint density at radius 1 is 1.07 bits per heavy atom. The molecule has 0 heterocycles. The van der Waals surface area contributed by atoms with Gasteiger partial charge in [0.25, 0.3) is 0 Å². The molecule has 0 unspecified atom stereocenters. The topological polar surface area (TPSA) is 40.1 Å². The van der Waals surface area contributed by atoms with Crippen molar-refractivity contribution in [2.24, 2.45) is 0 Å². The van der Waals surface area contributed by atoms with E-state index in [0.29, 0.717) is 6.42 Å². The molecule has 0 aliphatic carbocycles. The Balaban J connectivity index is 3.07. The number of carboxylic acids is 1. The Kier molecular flexibility index (Phi) is 9.71. The van der Waals surface area contributed by atoms with Crippen molar-refractivity contribution in [2.75, 3.05) is 0 Å². The molecule has 2 heteroatoms. The minimum absolute atomic E-state index is 0.181. The molecule has 0 rings (SSSR count). The first-order valence-corrected chi connectivity index (χ1v) is 5.62. The number of carbonyl (C=O) groups is 1. The Hall–Kier alpha value is -0.790. The van der Waals surface area contributed by atoms with Gasteiger partial charge in [-0.2, -0.15) is 0 Å². The van der Waals surface area contributed by atoms with E-state index in [2.05, 4.69) is 19.1 Å². The average molecular weight is 197 g/mol. The van der Waals surface area contributed by atoms with Crippen LogP contribution in [0.3, 0.4) is 0 Å². The number of allylic oxidation sites excluding steroid dienone is 2. The van der Waals surface area contributed by atoms with Crippen LogP contribution in [0, 0.1) is 0 Å². The van der Waals surface area contributed by atoms with E-state index in [0.717, 1.165) is 12.8 Å². The van der Waals surface area contributed by atoms with Gasteiger partial charge in [0.2, 0.25) is 0 Å². The van der Waals surface area contributed by atoms with Crippen molar-refractivity contribution in [3.63, 3.8) is 0 Å². The molecule has 0 bridgehead atoms. The van der Waals surface area contributed by atoms with E-state index in [4.69, 9.17) is 0 Å². The van der Waals surface area contributed by atoms with Gasteiger partial charge in [-0.25, -0.2) is 0 Å². The van der Waals surface area contributed by atoms with Crippen molar-refractivity contribution < 1.29 is 9.90 Å². The van der Waals surface area contributed by atoms with E-state index in [1.54, 1.807) is 0 Å². The highest BCUT2D eigenvalue weighted by molar-refractivity contribution is 5.64. The summed E-state index contributed by atoms with van der Waals surface area (Å²) < 4.78 is 0. The number of carboxylic acid groups (broad SMARTS) is 1. The monoisotopic (exact) mass is 197 g/mol. The minimum Gasteiger partial charge on any atom is -0.550 e. The van der Waals surface area contributed by atoms with Gasteiger partial charge >= 0.3 is 0 Å². The fraction of sp³-hybridized carbons (Fsp3) is 0.750. The first kappa shape index (κ1) is 13.2. The molecule has 0 aromatic heterocycles. The quantitative estimate of drug-likeness (QED) is 0.420. The highest BCUT2D eigenvalue weighted by Crippen LogP contribution is 2.04. The smallest absolute Gasteiger partial charge is 0.0414 e. The van der Waals surface area contributed by atoms with Crippen LogP contribution in [0.2, 0.25) is 0 Å². The van der Waals surface area contributed by atoms with Crippen LogP contribution >= 0.6 is 0 Å². The second-order valence-corrected chi connectivity index (χ2v) is 3.58. The van der Waals surface area contributed by atoms with Gasteiger partial charge in [0, 0.05) is 5.97 Å². The number of hydrogen-bond acceptors (Lipinski definition) is 2. The molecule has 0 radical (unpaired) electrons. The number of rotatable bonds is 9. The molecular weight excluding hydrogens is 176 g/mol. The lowest BCUT2D eigenvalue weighted by Gasteiger charge is -1.98. The summed E-state index contributed by atoms with van der Waals surface area (Å²) in [7, 11) is 0. The predicted molar refractivity (Wildman–Crippen MR) is 56.8 cm³/mol. The van der Waals surface area contributed by atoms with Gasteiger partial charge in [-0.1, -0.05) is 38.3 Å². The Labute approximate surface area is 87.0 Å². The molecule has 0 amide bonds. The minimum atomic E-state index is -0.943. The summed E-state index contributed by atoms with van der Waals surface area (Å²) in [5, 5.41) is 10.1. The summed E-state index contributed by atoms with van der Waals surface area (Å²) in [5.41, 5.74) is 0. The second-order valence-electron chi connectivity index (χ2n) is 3.58. The highest BCUT2D eigenvalue weighted by Gasteiger charge is 1.86.